The highest BCUT2D eigenvalue weighted by Crippen LogP contribution is 2.55. The van der Waals surface area contributed by atoms with Crippen LogP contribution in [0.3, 0.4) is 0 Å². The smallest absolute Gasteiger partial charge is 0.352 e. The van der Waals surface area contributed by atoms with Crippen LogP contribution >= 0.6 is 25.8 Å². The van der Waals surface area contributed by atoms with Gasteiger partial charge in [-0.1, -0.05) is 50.2 Å². The number of aromatic amines is 2. The molecule has 6 aromatic heterocycles. The van der Waals surface area contributed by atoms with Crippen LogP contribution in [0.15, 0.2) is 118 Å². The first-order valence-corrected chi connectivity index (χ1v) is 36.1. The van der Waals surface area contributed by atoms with Gasteiger partial charge >= 0.3 is 25.9 Å². The van der Waals surface area contributed by atoms with Gasteiger partial charge in [-0.25, -0.2) is 53.5 Å². The van der Waals surface area contributed by atoms with Gasteiger partial charge in [0, 0.05) is 80.5 Å². The molecule has 8 aromatic rings. The lowest BCUT2D eigenvalue weighted by molar-refractivity contribution is -0.128. The topological polar surface area (TPSA) is 373 Å². The zero-order chi connectivity index (χ0) is 70.9. The molecule has 0 radical (unpaired) electrons. The second kappa shape index (κ2) is 32.6. The van der Waals surface area contributed by atoms with Crippen LogP contribution in [0.1, 0.15) is 83.4 Å². The Hall–Kier alpha value is -7.89. The van der Waals surface area contributed by atoms with Crippen molar-refractivity contribution in [3.63, 3.8) is 0 Å². The number of anilines is 2. The molecule has 0 saturated carbocycles. The summed E-state index contributed by atoms with van der Waals surface area (Å²) >= 11 is 5.97. The number of carbonyl (C=O) groups is 2. The third kappa shape index (κ3) is 17.8. The minimum Gasteiger partial charge on any atom is -0.352 e. The maximum Gasteiger partial charge on any atom is 0.362 e. The number of nitrogens with one attached hydrogen (secondary N) is 5. The molecular formula is C62H83ClN20O14P2. The van der Waals surface area contributed by atoms with Gasteiger partial charge < -0.3 is 43.9 Å². The molecule has 99 heavy (non-hydrogen) atoms. The summed E-state index contributed by atoms with van der Waals surface area (Å²) in [4.78, 5) is 108. The minimum atomic E-state index is -3.64. The van der Waals surface area contributed by atoms with Crippen molar-refractivity contribution < 1.29 is 46.7 Å². The normalized spacial score (nSPS) is 23.0. The number of morpholine rings is 4. The molecule has 10 heterocycles. The number of aromatic nitrogens is 12. The first-order chi connectivity index (χ1) is 47.3. The Balaban J connectivity index is 0.000000181. The van der Waals surface area contributed by atoms with E-state index in [1.807, 2.05) is 40.1 Å². The van der Waals surface area contributed by atoms with Gasteiger partial charge in [0.05, 0.1) is 56.8 Å². The third-order valence-electron chi connectivity index (χ3n) is 16.7. The number of aryl methyl sites for hydroxylation is 2. The maximum absolute atomic E-state index is 14.6. The summed E-state index contributed by atoms with van der Waals surface area (Å²) in [6.07, 6.45) is 7.28. The predicted molar refractivity (Wildman–Crippen MR) is 368 cm³/mol. The Morgan fingerprint density at radius 3 is 1.47 bits per heavy atom. The Morgan fingerprint density at radius 2 is 1.01 bits per heavy atom. The van der Waals surface area contributed by atoms with Crippen LogP contribution in [0.4, 0.5) is 11.6 Å². The zero-order valence-electron chi connectivity index (χ0n) is 56.5. The average Bonchev–Trinajstić information content (AvgIpc) is 1.77. The summed E-state index contributed by atoms with van der Waals surface area (Å²) in [7, 11) is 6.82. The quantitative estimate of drug-likeness (QED) is 0.0688. The van der Waals surface area contributed by atoms with Crippen molar-refractivity contribution in [2.45, 2.75) is 89.9 Å². The highest BCUT2D eigenvalue weighted by Gasteiger charge is 2.43. The molecule has 2 amide bonds. The number of likely N-dealkylation sites (N-methyl/N-ethyl adjacent to an activating group) is 2. The Kier molecular flexibility index (Phi) is 24.3. The van der Waals surface area contributed by atoms with E-state index < -0.39 is 56.3 Å². The molecular weight excluding hydrogens is 1350 g/mol. The van der Waals surface area contributed by atoms with Crippen LogP contribution in [-0.2, 0) is 37.1 Å². The monoisotopic (exact) mass is 1430 g/mol. The molecule has 10 atom stereocenters. The van der Waals surface area contributed by atoms with E-state index in [0.29, 0.717) is 96.1 Å². The molecule has 4 aliphatic rings. The second-order valence-electron chi connectivity index (χ2n) is 24.6. The molecule has 12 rings (SSSR count). The standard InChI is InChI=1S/C31H41N10O7P.C20H25ClN7O4P.C11H17N3O3/c1-6-22-14-39(16-25(47-22)40-12-20(2)29(42)36-31(40)44)49(45,37(3)4)46-17-23-13-38(5)15-24(48-23)41-19-34-26-27(32-18-33-28(26)41)35-30(43)21-10-8-7-9-11-21;1-26(2)33(21,30)31-11-15-9-27(3)10-16(32-15)28-13-24-17-18(22-12-23-19(17)28)25-20(29)14-7-5-4-6-8-14;1-3-8-4-12-5-9(17-8)14-6-7(2)10(15)13-11(14)16/h7-12,18-19,22-25H,6,13-17H2,1-5H3,(H,36,42,44)(H,32,33,35,43);4-8,12-13,15-16H,9-11H2,1-3H3,(H,22,23,25,29);6,8-9,12H,3-5H2,1-2H3,(H,13,15,16)/t22-,23+,24?,25?,49?;15-,16?,33?;8-,9?/m101/s1. The lowest BCUT2D eigenvalue weighted by Crippen LogP contribution is -2.49. The van der Waals surface area contributed by atoms with E-state index in [-0.39, 0.29) is 67.5 Å². The predicted octanol–water partition coefficient (Wildman–Crippen LogP) is 4.64. The van der Waals surface area contributed by atoms with Crippen LogP contribution in [0, 0.1) is 13.8 Å². The number of H-pyrrole nitrogens is 2. The molecule has 0 bridgehead atoms. The van der Waals surface area contributed by atoms with Crippen molar-refractivity contribution in [2.24, 2.45) is 0 Å². The van der Waals surface area contributed by atoms with E-state index in [4.69, 9.17) is 39.2 Å². The highest BCUT2D eigenvalue weighted by atomic mass is 35.7. The van der Waals surface area contributed by atoms with Crippen LogP contribution in [0.5, 0.6) is 0 Å². The molecule has 4 aliphatic heterocycles. The van der Waals surface area contributed by atoms with E-state index in [1.165, 1.54) is 32.7 Å². The van der Waals surface area contributed by atoms with Crippen molar-refractivity contribution in [1.82, 2.24) is 87.3 Å². The van der Waals surface area contributed by atoms with E-state index in [9.17, 15) is 37.9 Å². The van der Waals surface area contributed by atoms with Gasteiger partial charge in [0.15, 0.2) is 46.4 Å². The summed E-state index contributed by atoms with van der Waals surface area (Å²) in [6.45, 7) is 7.91. The van der Waals surface area contributed by atoms with Gasteiger partial charge in [-0.3, -0.25) is 66.3 Å². The van der Waals surface area contributed by atoms with E-state index in [0.717, 1.165) is 13.0 Å². The number of ether oxygens (including phenoxy) is 4. The Morgan fingerprint density at radius 1 is 0.566 bits per heavy atom. The van der Waals surface area contributed by atoms with Gasteiger partial charge in [-0.15, -0.1) is 0 Å². The minimum absolute atomic E-state index is 0.00677. The molecule has 0 aliphatic carbocycles. The molecule has 4 saturated heterocycles. The van der Waals surface area contributed by atoms with Gasteiger partial charge in [0.2, 0.25) is 0 Å². The summed E-state index contributed by atoms with van der Waals surface area (Å²) in [5.41, 5.74) is 1.88. The van der Waals surface area contributed by atoms with Crippen molar-refractivity contribution in [2.75, 3.05) is 118 Å². The molecule has 37 heteroatoms. The fraction of sp³-hybridized carbons (Fsp3) is 0.484. The lowest BCUT2D eigenvalue weighted by Gasteiger charge is -2.43. The molecule has 2 aromatic carbocycles. The van der Waals surface area contributed by atoms with E-state index >= 15 is 0 Å². The van der Waals surface area contributed by atoms with Crippen LogP contribution in [0.25, 0.3) is 22.3 Å². The Bertz CT molecular complexity index is 4460. The van der Waals surface area contributed by atoms with Crippen LogP contribution in [-0.4, -0.2) is 226 Å². The first kappa shape index (κ1) is 73.8. The highest BCUT2D eigenvalue weighted by molar-refractivity contribution is 7.83. The summed E-state index contributed by atoms with van der Waals surface area (Å²) < 4.78 is 74.2. The first-order valence-electron chi connectivity index (χ1n) is 32.0. The number of imidazole rings is 2. The average molecular weight is 1430 g/mol. The van der Waals surface area contributed by atoms with Crippen molar-refractivity contribution in [3.8, 4) is 0 Å². The lowest BCUT2D eigenvalue weighted by atomic mass is 10.2. The number of carbonyl (C=O) groups excluding carboxylic acids is 2. The van der Waals surface area contributed by atoms with Crippen molar-refractivity contribution in [1.29, 1.82) is 0 Å². The van der Waals surface area contributed by atoms with Crippen LogP contribution < -0.4 is 38.4 Å². The van der Waals surface area contributed by atoms with Crippen molar-refractivity contribution >= 4 is 71.6 Å². The molecule has 0 spiro atoms. The SMILES string of the molecule is CC[C@@H]1CN(P(=O)(OC[C@@H]2CN(C)CC(n3cnc4c(NC(=O)c5ccccc5)ncnc43)O2)N(C)C)CC(n2cc(C)c(=O)[nH]c2=O)O1.CC[C@@H]1CNCC(n2cc(C)c(=O)[nH]c2=O)O1.CN1CC(n2cnc3c(NC(=O)c4ccccc4)ncnc32)O[C@H](COP(=O)(Cl)N(C)C)C1. The number of hydrogen-bond donors (Lipinski definition) is 5. The summed E-state index contributed by atoms with van der Waals surface area (Å²) in [5, 5.41) is 8.84. The summed E-state index contributed by atoms with van der Waals surface area (Å²) in [6, 6.07) is 17.7. The molecule has 532 valence electrons. The number of halogens is 1. The number of hydrogen-bond acceptors (Lipinski definition) is 23. The van der Waals surface area contributed by atoms with Gasteiger partial charge in [0.25, 0.3) is 22.9 Å². The fourth-order valence-corrected chi connectivity index (χ4v) is 14.1. The number of rotatable bonds is 19. The number of fused-ring (bicyclic) bond motifs is 2. The molecule has 5 N–H and O–H groups in total. The number of amides is 2. The number of benzene rings is 2. The molecule has 4 fully saturated rings. The number of nitrogens with zero attached hydrogens (tertiary/aromatic N) is 15. The maximum atomic E-state index is 14.6. The summed E-state index contributed by atoms with van der Waals surface area (Å²) in [5.74, 6) is -0.0146. The van der Waals surface area contributed by atoms with E-state index in [1.54, 1.807) is 128 Å². The van der Waals surface area contributed by atoms with Crippen molar-refractivity contribution in [3.05, 3.63) is 162 Å². The van der Waals surface area contributed by atoms with Gasteiger partial charge in [0.1, 0.15) is 25.1 Å². The zero-order valence-corrected chi connectivity index (χ0v) is 59.1. The second-order valence-corrected chi connectivity index (χ2v) is 30.4. The molecule has 6 unspecified atom stereocenters. The van der Waals surface area contributed by atoms with E-state index in [2.05, 4.69) is 65.6 Å². The van der Waals surface area contributed by atoms with Crippen LogP contribution in [0.2, 0.25) is 0 Å². The van der Waals surface area contributed by atoms with Gasteiger partial charge in [-0.05, 0) is 104 Å². The third-order valence-corrected chi connectivity index (χ3v) is 21.9. The van der Waals surface area contributed by atoms with Gasteiger partial charge in [-0.2, -0.15) is 0 Å². The fourth-order valence-electron chi connectivity index (χ4n) is 11.3. The molecule has 34 nitrogen and oxygen atoms in total. The largest absolute Gasteiger partial charge is 0.362 e. The Labute approximate surface area is 573 Å².